The van der Waals surface area contributed by atoms with Gasteiger partial charge in [0.25, 0.3) is 0 Å². The Kier molecular flexibility index (Phi) is 2.77. The highest BCUT2D eigenvalue weighted by Gasteiger charge is 2.19. The lowest BCUT2D eigenvalue weighted by molar-refractivity contribution is 0.215. The first-order valence-corrected chi connectivity index (χ1v) is 5.25. The molecule has 15 heavy (non-hydrogen) atoms. The van der Waals surface area contributed by atoms with Gasteiger partial charge in [-0.25, -0.2) is 0 Å². The molecule has 1 N–H and O–H groups in total. The van der Waals surface area contributed by atoms with Gasteiger partial charge in [-0.05, 0) is 20.0 Å². The molecule has 82 valence electrons. The van der Waals surface area contributed by atoms with Crippen molar-refractivity contribution >= 4 is 5.84 Å². The SMILES string of the molecule is Cc1occc1C(=N)N1CCN(C)CC1. The number of aryl methyl sites for hydroxylation is 1. The van der Waals surface area contributed by atoms with Gasteiger partial charge >= 0.3 is 0 Å². The van der Waals surface area contributed by atoms with Crippen LogP contribution >= 0.6 is 0 Å². The zero-order valence-electron chi connectivity index (χ0n) is 9.29. The van der Waals surface area contributed by atoms with Gasteiger partial charge in [-0.3, -0.25) is 5.41 Å². The van der Waals surface area contributed by atoms with E-state index in [9.17, 15) is 0 Å². The minimum absolute atomic E-state index is 0.592. The molecule has 0 amide bonds. The van der Waals surface area contributed by atoms with Crippen LogP contribution in [-0.2, 0) is 0 Å². The molecular weight excluding hydrogens is 190 g/mol. The van der Waals surface area contributed by atoms with Crippen molar-refractivity contribution in [3.05, 3.63) is 23.7 Å². The predicted octanol–water partition coefficient (Wildman–Crippen LogP) is 1.16. The summed E-state index contributed by atoms with van der Waals surface area (Å²) in [4.78, 5) is 4.39. The van der Waals surface area contributed by atoms with Crippen molar-refractivity contribution in [2.24, 2.45) is 0 Å². The molecule has 1 aromatic heterocycles. The minimum Gasteiger partial charge on any atom is -0.469 e. The molecule has 0 radical (unpaired) electrons. The Labute approximate surface area is 90.0 Å². The fraction of sp³-hybridized carbons (Fsp3) is 0.545. The third kappa shape index (κ3) is 2.04. The molecular formula is C11H17N3O. The zero-order valence-corrected chi connectivity index (χ0v) is 9.29. The zero-order chi connectivity index (χ0) is 10.8. The molecule has 0 saturated carbocycles. The Morgan fingerprint density at radius 1 is 1.33 bits per heavy atom. The molecule has 1 aromatic rings. The van der Waals surface area contributed by atoms with Gasteiger partial charge in [-0.2, -0.15) is 0 Å². The summed E-state index contributed by atoms with van der Waals surface area (Å²) < 4.78 is 5.22. The molecule has 2 heterocycles. The lowest BCUT2D eigenvalue weighted by atomic mass is 10.2. The lowest BCUT2D eigenvalue weighted by Gasteiger charge is -2.33. The van der Waals surface area contributed by atoms with Crippen LogP contribution in [0.2, 0.25) is 0 Å². The van der Waals surface area contributed by atoms with Gasteiger partial charge in [-0.1, -0.05) is 0 Å². The number of likely N-dealkylation sites (N-methyl/N-ethyl adjacent to an activating group) is 1. The van der Waals surface area contributed by atoms with Crippen LogP contribution in [0.4, 0.5) is 0 Å². The molecule has 0 atom stereocenters. The Balaban J connectivity index is 2.06. The van der Waals surface area contributed by atoms with Gasteiger partial charge in [-0.15, -0.1) is 0 Å². The summed E-state index contributed by atoms with van der Waals surface area (Å²) >= 11 is 0. The fourth-order valence-corrected chi connectivity index (χ4v) is 1.83. The summed E-state index contributed by atoms with van der Waals surface area (Å²) in [6, 6.07) is 1.87. The van der Waals surface area contributed by atoms with Crippen LogP contribution in [0.15, 0.2) is 16.7 Å². The van der Waals surface area contributed by atoms with Crippen LogP contribution in [0.1, 0.15) is 11.3 Å². The van der Waals surface area contributed by atoms with Crippen LogP contribution in [0.3, 0.4) is 0 Å². The van der Waals surface area contributed by atoms with Crippen molar-refractivity contribution in [2.75, 3.05) is 33.2 Å². The van der Waals surface area contributed by atoms with Crippen molar-refractivity contribution in [1.82, 2.24) is 9.80 Å². The van der Waals surface area contributed by atoms with Crippen molar-refractivity contribution in [2.45, 2.75) is 6.92 Å². The van der Waals surface area contributed by atoms with Crippen molar-refractivity contribution in [3.63, 3.8) is 0 Å². The van der Waals surface area contributed by atoms with Crippen LogP contribution < -0.4 is 0 Å². The lowest BCUT2D eigenvalue weighted by Crippen LogP contribution is -2.47. The van der Waals surface area contributed by atoms with E-state index in [2.05, 4.69) is 16.8 Å². The van der Waals surface area contributed by atoms with Crippen molar-refractivity contribution in [3.8, 4) is 0 Å². The maximum atomic E-state index is 8.09. The van der Waals surface area contributed by atoms with Crippen LogP contribution in [-0.4, -0.2) is 48.9 Å². The van der Waals surface area contributed by atoms with E-state index in [4.69, 9.17) is 9.83 Å². The van der Waals surface area contributed by atoms with E-state index in [1.54, 1.807) is 6.26 Å². The summed E-state index contributed by atoms with van der Waals surface area (Å²) in [5, 5.41) is 8.09. The van der Waals surface area contributed by atoms with Crippen LogP contribution in [0.5, 0.6) is 0 Å². The van der Waals surface area contributed by atoms with E-state index in [1.165, 1.54) is 0 Å². The number of rotatable bonds is 1. The summed E-state index contributed by atoms with van der Waals surface area (Å²) in [7, 11) is 2.12. The summed E-state index contributed by atoms with van der Waals surface area (Å²) in [5.74, 6) is 1.42. The van der Waals surface area contributed by atoms with Crippen LogP contribution in [0.25, 0.3) is 0 Å². The third-order valence-electron chi connectivity index (χ3n) is 2.93. The number of hydrogen-bond acceptors (Lipinski definition) is 3. The third-order valence-corrected chi connectivity index (χ3v) is 2.93. The average molecular weight is 207 g/mol. The highest BCUT2D eigenvalue weighted by atomic mass is 16.3. The Morgan fingerprint density at radius 3 is 2.53 bits per heavy atom. The first kappa shape index (κ1) is 10.2. The first-order chi connectivity index (χ1) is 7.18. The number of piperazine rings is 1. The van der Waals surface area contributed by atoms with E-state index in [-0.39, 0.29) is 0 Å². The molecule has 4 heteroatoms. The molecule has 1 aliphatic rings. The molecule has 0 bridgehead atoms. The van der Waals surface area contributed by atoms with Gasteiger partial charge in [0.1, 0.15) is 11.6 Å². The highest BCUT2D eigenvalue weighted by Crippen LogP contribution is 2.13. The maximum absolute atomic E-state index is 8.09. The topological polar surface area (TPSA) is 43.5 Å². The summed E-state index contributed by atoms with van der Waals surface area (Å²) in [5.41, 5.74) is 0.916. The summed E-state index contributed by atoms with van der Waals surface area (Å²) in [6.45, 7) is 5.82. The quantitative estimate of drug-likeness (QED) is 0.555. The Bertz CT molecular complexity index is 350. The maximum Gasteiger partial charge on any atom is 0.131 e. The van der Waals surface area contributed by atoms with E-state index in [0.29, 0.717) is 5.84 Å². The predicted molar refractivity (Wildman–Crippen MR) is 59.3 cm³/mol. The largest absolute Gasteiger partial charge is 0.469 e. The van der Waals surface area contributed by atoms with E-state index in [0.717, 1.165) is 37.5 Å². The Morgan fingerprint density at radius 2 is 2.00 bits per heavy atom. The standard InChI is InChI=1S/C11H17N3O/c1-9-10(3-8-15-9)11(12)14-6-4-13(2)5-7-14/h3,8,12H,4-7H2,1-2H3. The van der Waals surface area contributed by atoms with Crippen LogP contribution in [0, 0.1) is 12.3 Å². The second kappa shape index (κ2) is 4.06. The average Bonchev–Trinajstić information content (AvgIpc) is 2.65. The monoisotopic (exact) mass is 207 g/mol. The molecule has 0 aliphatic carbocycles. The van der Waals surface area contributed by atoms with Crippen molar-refractivity contribution < 1.29 is 4.42 Å². The molecule has 0 spiro atoms. The second-order valence-corrected chi connectivity index (χ2v) is 4.03. The molecule has 1 aliphatic heterocycles. The van der Waals surface area contributed by atoms with E-state index >= 15 is 0 Å². The van der Waals surface area contributed by atoms with Crippen molar-refractivity contribution in [1.29, 1.82) is 5.41 Å². The Hall–Kier alpha value is -1.29. The van der Waals surface area contributed by atoms with Gasteiger partial charge in [0.2, 0.25) is 0 Å². The number of nitrogens with one attached hydrogen (secondary N) is 1. The molecule has 2 rings (SSSR count). The number of amidine groups is 1. The number of nitrogens with zero attached hydrogens (tertiary/aromatic N) is 2. The number of furan rings is 1. The first-order valence-electron chi connectivity index (χ1n) is 5.25. The van der Waals surface area contributed by atoms with Gasteiger partial charge in [0.15, 0.2) is 0 Å². The van der Waals surface area contributed by atoms with E-state index in [1.807, 2.05) is 13.0 Å². The smallest absolute Gasteiger partial charge is 0.131 e. The molecule has 4 nitrogen and oxygen atoms in total. The minimum atomic E-state index is 0.592. The highest BCUT2D eigenvalue weighted by molar-refractivity contribution is 5.97. The number of hydrogen-bond donors (Lipinski definition) is 1. The molecule has 0 unspecified atom stereocenters. The second-order valence-electron chi connectivity index (χ2n) is 4.03. The fourth-order valence-electron chi connectivity index (χ4n) is 1.83. The molecule has 1 saturated heterocycles. The van der Waals surface area contributed by atoms with Gasteiger partial charge in [0.05, 0.1) is 11.8 Å². The molecule has 1 fully saturated rings. The van der Waals surface area contributed by atoms with Gasteiger partial charge in [0, 0.05) is 26.2 Å². The van der Waals surface area contributed by atoms with Gasteiger partial charge < -0.3 is 14.2 Å². The summed E-state index contributed by atoms with van der Waals surface area (Å²) in [6.07, 6.45) is 1.65. The van der Waals surface area contributed by atoms with E-state index < -0.39 is 0 Å². The normalized spacial score (nSPS) is 18.1. The molecule has 0 aromatic carbocycles.